The molecule has 3 N–H and O–H groups in total. The zero-order chi connectivity index (χ0) is 13.4. The van der Waals surface area contributed by atoms with Crippen molar-refractivity contribution >= 4 is 11.9 Å². The summed E-state index contributed by atoms with van der Waals surface area (Å²) in [6.07, 6.45) is 2.48. The molecule has 0 saturated heterocycles. The third-order valence-electron chi connectivity index (χ3n) is 2.41. The number of carbonyl (C=O) groups excluding carboxylic acids is 1. The Balaban J connectivity index is 4.44. The molecule has 0 aliphatic rings. The summed E-state index contributed by atoms with van der Waals surface area (Å²) < 4.78 is 0. The minimum Gasteiger partial charge on any atom is -0.480 e. The van der Waals surface area contributed by atoms with E-state index in [1.54, 1.807) is 0 Å². The third kappa shape index (κ3) is 6.94. The molecule has 0 aliphatic heterocycles. The van der Waals surface area contributed by atoms with Crippen molar-refractivity contribution in [2.45, 2.75) is 46.1 Å². The molecule has 0 aromatic rings. The van der Waals surface area contributed by atoms with Gasteiger partial charge in [-0.05, 0) is 12.3 Å². The summed E-state index contributed by atoms with van der Waals surface area (Å²) in [5.41, 5.74) is 5.77. The third-order valence-corrected chi connectivity index (χ3v) is 2.41. The molecule has 0 rings (SSSR count). The van der Waals surface area contributed by atoms with E-state index in [2.05, 4.69) is 0 Å². The second kappa shape index (κ2) is 8.06. The van der Waals surface area contributed by atoms with Gasteiger partial charge in [-0.15, -0.1) is 0 Å². The van der Waals surface area contributed by atoms with Crippen molar-refractivity contribution in [1.82, 2.24) is 4.90 Å². The number of rotatable bonds is 8. The molecule has 100 valence electrons. The maximum atomic E-state index is 12.0. The van der Waals surface area contributed by atoms with Crippen molar-refractivity contribution in [3.05, 3.63) is 0 Å². The predicted octanol–water partition coefficient (Wildman–Crippen LogP) is 1.07. The van der Waals surface area contributed by atoms with Gasteiger partial charge in [-0.3, -0.25) is 9.59 Å². The molecule has 0 aliphatic carbocycles. The smallest absolute Gasteiger partial charge is 0.323 e. The molecule has 0 spiro atoms. The van der Waals surface area contributed by atoms with Gasteiger partial charge < -0.3 is 15.7 Å². The fraction of sp³-hybridized carbons (Fsp3) is 0.833. The molecule has 0 bridgehead atoms. The van der Waals surface area contributed by atoms with E-state index < -0.39 is 12.0 Å². The molecular formula is C12H24N2O3. The van der Waals surface area contributed by atoms with Gasteiger partial charge >= 0.3 is 5.97 Å². The van der Waals surface area contributed by atoms with Gasteiger partial charge in [-0.1, -0.05) is 33.6 Å². The Hall–Kier alpha value is -1.10. The van der Waals surface area contributed by atoms with Crippen molar-refractivity contribution in [2.24, 2.45) is 11.7 Å². The van der Waals surface area contributed by atoms with Crippen LogP contribution < -0.4 is 5.73 Å². The standard InChI is InChI=1S/C12H24N2O3/c1-4-5-6-10(13)12(17)14(7-9(2)3)8-11(15)16/h9-10H,4-8,13H2,1-3H3,(H,15,16). The summed E-state index contributed by atoms with van der Waals surface area (Å²) in [6.45, 7) is 6.08. The van der Waals surface area contributed by atoms with Crippen LogP contribution in [0.5, 0.6) is 0 Å². The molecule has 0 aromatic heterocycles. The number of hydrogen-bond donors (Lipinski definition) is 2. The molecule has 0 radical (unpaired) electrons. The fourth-order valence-corrected chi connectivity index (χ4v) is 1.62. The fourth-order valence-electron chi connectivity index (χ4n) is 1.62. The number of nitrogens with two attached hydrogens (primary N) is 1. The Morgan fingerprint density at radius 3 is 2.35 bits per heavy atom. The Morgan fingerprint density at radius 2 is 1.94 bits per heavy atom. The lowest BCUT2D eigenvalue weighted by molar-refractivity contribution is -0.145. The highest BCUT2D eigenvalue weighted by Crippen LogP contribution is 2.05. The number of unbranched alkanes of at least 4 members (excludes halogenated alkanes) is 1. The molecule has 1 amide bonds. The van der Waals surface area contributed by atoms with E-state index in [9.17, 15) is 9.59 Å². The number of carbonyl (C=O) groups is 2. The minimum absolute atomic E-state index is 0.233. The van der Waals surface area contributed by atoms with Gasteiger partial charge in [0.15, 0.2) is 0 Å². The number of amides is 1. The van der Waals surface area contributed by atoms with Gasteiger partial charge in [0.2, 0.25) is 5.91 Å². The summed E-state index contributed by atoms with van der Waals surface area (Å²) >= 11 is 0. The van der Waals surface area contributed by atoms with Gasteiger partial charge in [-0.25, -0.2) is 0 Å². The highest BCUT2D eigenvalue weighted by Gasteiger charge is 2.23. The van der Waals surface area contributed by atoms with Gasteiger partial charge in [0, 0.05) is 6.54 Å². The molecule has 1 atom stereocenters. The van der Waals surface area contributed by atoms with E-state index in [0.717, 1.165) is 12.8 Å². The van der Waals surface area contributed by atoms with Crippen LogP contribution in [-0.4, -0.2) is 41.0 Å². The Morgan fingerprint density at radius 1 is 1.35 bits per heavy atom. The van der Waals surface area contributed by atoms with Crippen LogP contribution in [-0.2, 0) is 9.59 Å². The molecule has 0 aromatic carbocycles. The predicted molar refractivity (Wildman–Crippen MR) is 66.6 cm³/mol. The van der Waals surface area contributed by atoms with E-state index in [-0.39, 0.29) is 18.4 Å². The average molecular weight is 244 g/mol. The van der Waals surface area contributed by atoms with Crippen LogP contribution in [0.1, 0.15) is 40.0 Å². The van der Waals surface area contributed by atoms with Gasteiger partial charge in [-0.2, -0.15) is 0 Å². The number of carboxylic acids is 1. The number of hydrogen-bond acceptors (Lipinski definition) is 3. The van der Waals surface area contributed by atoms with Gasteiger partial charge in [0.25, 0.3) is 0 Å². The maximum absolute atomic E-state index is 12.0. The van der Waals surface area contributed by atoms with Gasteiger partial charge in [0.05, 0.1) is 6.04 Å². The first-order chi connectivity index (χ1) is 7.88. The maximum Gasteiger partial charge on any atom is 0.323 e. The quantitative estimate of drug-likeness (QED) is 0.669. The van der Waals surface area contributed by atoms with E-state index >= 15 is 0 Å². The monoisotopic (exact) mass is 244 g/mol. The lowest BCUT2D eigenvalue weighted by atomic mass is 10.1. The summed E-state index contributed by atoms with van der Waals surface area (Å²) in [4.78, 5) is 24.0. The van der Waals surface area contributed by atoms with Crippen LogP contribution in [0, 0.1) is 5.92 Å². The summed E-state index contributed by atoms with van der Waals surface area (Å²) in [5, 5.41) is 8.77. The van der Waals surface area contributed by atoms with Crippen LogP contribution >= 0.6 is 0 Å². The number of nitrogens with zero attached hydrogens (tertiary/aromatic N) is 1. The molecule has 5 nitrogen and oxygen atoms in total. The molecule has 0 saturated carbocycles. The van der Waals surface area contributed by atoms with Crippen molar-refractivity contribution in [3.8, 4) is 0 Å². The van der Waals surface area contributed by atoms with Crippen molar-refractivity contribution in [3.63, 3.8) is 0 Å². The van der Waals surface area contributed by atoms with E-state index in [1.165, 1.54) is 4.90 Å². The van der Waals surface area contributed by atoms with Crippen LogP contribution in [0.4, 0.5) is 0 Å². The topological polar surface area (TPSA) is 83.6 Å². The van der Waals surface area contributed by atoms with Crippen molar-refractivity contribution in [2.75, 3.05) is 13.1 Å². The van der Waals surface area contributed by atoms with Crippen LogP contribution in [0.2, 0.25) is 0 Å². The Labute approximate surface area is 103 Å². The number of aliphatic carboxylic acids is 1. The first kappa shape index (κ1) is 15.9. The van der Waals surface area contributed by atoms with E-state index in [4.69, 9.17) is 10.8 Å². The van der Waals surface area contributed by atoms with Crippen molar-refractivity contribution < 1.29 is 14.7 Å². The summed E-state index contributed by atoms with van der Waals surface area (Å²) in [6, 6.07) is -0.576. The van der Waals surface area contributed by atoms with E-state index in [0.29, 0.717) is 13.0 Å². The van der Waals surface area contributed by atoms with Gasteiger partial charge in [0.1, 0.15) is 6.54 Å². The van der Waals surface area contributed by atoms with Crippen LogP contribution in [0.15, 0.2) is 0 Å². The Bertz CT molecular complexity index is 254. The lowest BCUT2D eigenvalue weighted by Crippen LogP contribution is -2.47. The number of carboxylic acid groups (broad SMARTS) is 1. The summed E-state index contributed by atoms with van der Waals surface area (Å²) in [5.74, 6) is -1.02. The van der Waals surface area contributed by atoms with E-state index in [1.807, 2.05) is 20.8 Å². The molecule has 17 heavy (non-hydrogen) atoms. The Kier molecular flexibility index (Phi) is 7.54. The highest BCUT2D eigenvalue weighted by atomic mass is 16.4. The molecule has 5 heteroatoms. The summed E-state index contributed by atoms with van der Waals surface area (Å²) in [7, 11) is 0. The zero-order valence-corrected chi connectivity index (χ0v) is 11.0. The second-order valence-electron chi connectivity index (χ2n) is 4.76. The van der Waals surface area contributed by atoms with Crippen molar-refractivity contribution in [1.29, 1.82) is 0 Å². The van der Waals surface area contributed by atoms with Crippen LogP contribution in [0.3, 0.4) is 0 Å². The first-order valence-corrected chi connectivity index (χ1v) is 6.14. The zero-order valence-electron chi connectivity index (χ0n) is 11.0. The lowest BCUT2D eigenvalue weighted by Gasteiger charge is -2.25. The average Bonchev–Trinajstić information content (AvgIpc) is 2.22. The SMILES string of the molecule is CCCCC(N)C(=O)N(CC(=O)O)CC(C)C. The second-order valence-corrected chi connectivity index (χ2v) is 4.76. The highest BCUT2D eigenvalue weighted by molar-refractivity contribution is 5.85. The van der Waals surface area contributed by atoms with Crippen LogP contribution in [0.25, 0.3) is 0 Å². The minimum atomic E-state index is -0.998. The first-order valence-electron chi connectivity index (χ1n) is 6.14. The largest absolute Gasteiger partial charge is 0.480 e. The molecular weight excluding hydrogens is 220 g/mol. The molecule has 0 heterocycles. The normalized spacial score (nSPS) is 12.5. The molecule has 0 fully saturated rings. The molecule has 1 unspecified atom stereocenters.